The molecule has 142 valence electrons. The summed E-state index contributed by atoms with van der Waals surface area (Å²) < 4.78 is 21.2. The van der Waals surface area contributed by atoms with Crippen LogP contribution in [-0.4, -0.2) is 48.8 Å². The molecular weight excluding hydrogens is 332 g/mol. The highest BCUT2D eigenvalue weighted by Crippen LogP contribution is 2.37. The first-order valence-electron chi connectivity index (χ1n) is 8.30. The van der Waals surface area contributed by atoms with E-state index in [4.69, 9.17) is 18.9 Å². The summed E-state index contributed by atoms with van der Waals surface area (Å²) in [4.78, 5) is 45.7. The molecule has 8 heteroatoms. The third-order valence-corrected chi connectivity index (χ3v) is 4.11. The van der Waals surface area contributed by atoms with E-state index in [0.29, 0.717) is 12.8 Å². The summed E-state index contributed by atoms with van der Waals surface area (Å²) in [7, 11) is 0. The highest BCUT2D eigenvalue weighted by atomic mass is 16.6. The number of esters is 4. The molecule has 1 fully saturated rings. The summed E-state index contributed by atoms with van der Waals surface area (Å²) in [6, 6.07) is 0. The normalized spacial score (nSPS) is 28.6. The highest BCUT2D eigenvalue weighted by Gasteiger charge is 2.50. The average molecular weight is 358 g/mol. The summed E-state index contributed by atoms with van der Waals surface area (Å²) in [5.74, 6) is -2.61. The molecule has 0 spiro atoms. The van der Waals surface area contributed by atoms with Crippen LogP contribution in [0.15, 0.2) is 0 Å². The van der Waals surface area contributed by atoms with Crippen molar-refractivity contribution in [2.24, 2.45) is 11.8 Å². The molecule has 5 atom stereocenters. The Bertz CT molecular complexity index is 515. The SMILES string of the molecule is CCC1C[C@H](COC(C)=O)[C@@H](OC(C)=O)[C@H](OC(C)=O)[C@H]1OC(C)=O. The Hall–Kier alpha value is -2.12. The van der Waals surface area contributed by atoms with Gasteiger partial charge in [0.1, 0.15) is 12.2 Å². The molecule has 8 nitrogen and oxygen atoms in total. The van der Waals surface area contributed by atoms with Gasteiger partial charge in [-0.25, -0.2) is 0 Å². The minimum absolute atomic E-state index is 0.0222. The second-order valence-corrected chi connectivity index (χ2v) is 6.19. The lowest BCUT2D eigenvalue weighted by atomic mass is 9.74. The Kier molecular flexibility index (Phi) is 7.86. The van der Waals surface area contributed by atoms with Crippen LogP contribution in [-0.2, 0) is 38.1 Å². The molecule has 0 saturated heterocycles. The lowest BCUT2D eigenvalue weighted by Gasteiger charge is -2.44. The Morgan fingerprint density at radius 1 is 0.720 bits per heavy atom. The predicted octanol–water partition coefficient (Wildman–Crippen LogP) is 1.39. The minimum Gasteiger partial charge on any atom is -0.465 e. The van der Waals surface area contributed by atoms with Crippen molar-refractivity contribution < 1.29 is 38.1 Å². The smallest absolute Gasteiger partial charge is 0.303 e. The molecular formula is C17H26O8. The Morgan fingerprint density at radius 2 is 1.16 bits per heavy atom. The quantitative estimate of drug-likeness (QED) is 0.518. The van der Waals surface area contributed by atoms with Crippen molar-refractivity contribution in [2.75, 3.05) is 6.61 Å². The third-order valence-electron chi connectivity index (χ3n) is 4.11. The third kappa shape index (κ3) is 6.36. The van der Waals surface area contributed by atoms with Crippen molar-refractivity contribution in [3.63, 3.8) is 0 Å². The molecule has 25 heavy (non-hydrogen) atoms. The fraction of sp³-hybridized carbons (Fsp3) is 0.765. The van der Waals surface area contributed by atoms with Gasteiger partial charge < -0.3 is 18.9 Å². The summed E-state index contributed by atoms with van der Waals surface area (Å²) in [6.45, 7) is 6.96. The largest absolute Gasteiger partial charge is 0.465 e. The van der Waals surface area contributed by atoms with Crippen LogP contribution in [0.3, 0.4) is 0 Å². The van der Waals surface area contributed by atoms with Crippen LogP contribution in [0.1, 0.15) is 47.5 Å². The Balaban J connectivity index is 3.18. The first kappa shape index (κ1) is 20.9. The highest BCUT2D eigenvalue weighted by molar-refractivity contribution is 5.68. The van der Waals surface area contributed by atoms with Gasteiger partial charge >= 0.3 is 23.9 Å². The van der Waals surface area contributed by atoms with E-state index in [1.54, 1.807) is 0 Å². The van der Waals surface area contributed by atoms with Crippen LogP contribution < -0.4 is 0 Å². The maximum absolute atomic E-state index is 11.6. The van der Waals surface area contributed by atoms with E-state index in [9.17, 15) is 19.2 Å². The Labute approximate surface area is 147 Å². The Morgan fingerprint density at radius 3 is 1.56 bits per heavy atom. The monoisotopic (exact) mass is 358 g/mol. The topological polar surface area (TPSA) is 105 Å². The van der Waals surface area contributed by atoms with Crippen molar-refractivity contribution in [3.05, 3.63) is 0 Å². The number of carbonyl (C=O) groups excluding carboxylic acids is 4. The van der Waals surface area contributed by atoms with Crippen molar-refractivity contribution in [1.29, 1.82) is 0 Å². The lowest BCUT2D eigenvalue weighted by Crippen LogP contribution is -2.56. The minimum atomic E-state index is -0.954. The number of hydrogen-bond donors (Lipinski definition) is 0. The summed E-state index contributed by atoms with van der Waals surface area (Å²) in [5, 5.41) is 0. The fourth-order valence-electron chi connectivity index (χ4n) is 3.20. The van der Waals surface area contributed by atoms with E-state index < -0.39 is 42.2 Å². The van der Waals surface area contributed by atoms with Gasteiger partial charge in [0, 0.05) is 39.5 Å². The van der Waals surface area contributed by atoms with E-state index in [0.717, 1.165) is 0 Å². The van der Waals surface area contributed by atoms with Crippen LogP contribution >= 0.6 is 0 Å². The molecule has 0 aromatic heterocycles. The van der Waals surface area contributed by atoms with Gasteiger partial charge in [-0.1, -0.05) is 6.92 Å². The predicted molar refractivity (Wildman–Crippen MR) is 85.2 cm³/mol. The molecule has 0 aliphatic heterocycles. The van der Waals surface area contributed by atoms with E-state index >= 15 is 0 Å². The molecule has 0 aromatic carbocycles. The molecule has 1 saturated carbocycles. The van der Waals surface area contributed by atoms with Gasteiger partial charge in [-0.15, -0.1) is 0 Å². The number of rotatable bonds is 6. The standard InChI is InChI=1S/C17H26O8/c1-6-13-7-14(8-22-9(2)18)16(24-11(4)20)17(25-12(5)21)15(13)23-10(3)19/h13-17H,6-8H2,1-5H3/t13?,14-,15+,16-,17-/m1/s1. The summed E-state index contributed by atoms with van der Waals surface area (Å²) >= 11 is 0. The maximum atomic E-state index is 11.6. The van der Waals surface area contributed by atoms with Crippen LogP contribution in [0.4, 0.5) is 0 Å². The number of carbonyl (C=O) groups is 4. The average Bonchev–Trinajstić information content (AvgIpc) is 2.48. The van der Waals surface area contributed by atoms with Gasteiger partial charge in [0.05, 0.1) is 6.61 Å². The molecule has 0 radical (unpaired) electrons. The van der Waals surface area contributed by atoms with Gasteiger partial charge in [-0.3, -0.25) is 19.2 Å². The fourth-order valence-corrected chi connectivity index (χ4v) is 3.20. The first-order chi connectivity index (χ1) is 11.6. The molecule has 0 N–H and O–H groups in total. The van der Waals surface area contributed by atoms with Gasteiger partial charge in [0.2, 0.25) is 0 Å². The van der Waals surface area contributed by atoms with Crippen LogP contribution in [0, 0.1) is 11.8 Å². The number of ether oxygens (including phenoxy) is 4. The van der Waals surface area contributed by atoms with Gasteiger partial charge in [0.25, 0.3) is 0 Å². The summed E-state index contributed by atoms with van der Waals surface area (Å²) in [6.07, 6.45) is -1.40. The first-order valence-corrected chi connectivity index (χ1v) is 8.30. The van der Waals surface area contributed by atoms with Crippen LogP contribution in [0.25, 0.3) is 0 Å². The maximum Gasteiger partial charge on any atom is 0.303 e. The molecule has 1 rings (SSSR count). The second-order valence-electron chi connectivity index (χ2n) is 6.19. The van der Waals surface area contributed by atoms with E-state index in [-0.39, 0.29) is 18.4 Å². The molecule has 1 aliphatic rings. The zero-order valence-corrected chi connectivity index (χ0v) is 15.3. The zero-order valence-electron chi connectivity index (χ0n) is 15.3. The molecule has 0 aromatic rings. The van der Waals surface area contributed by atoms with Crippen molar-refractivity contribution in [1.82, 2.24) is 0 Å². The van der Waals surface area contributed by atoms with Gasteiger partial charge in [0.15, 0.2) is 6.10 Å². The molecule has 1 aliphatic carbocycles. The van der Waals surface area contributed by atoms with E-state index in [2.05, 4.69) is 0 Å². The van der Waals surface area contributed by atoms with Gasteiger partial charge in [-0.05, 0) is 12.8 Å². The van der Waals surface area contributed by atoms with E-state index in [1.165, 1.54) is 27.7 Å². The van der Waals surface area contributed by atoms with Crippen molar-refractivity contribution in [2.45, 2.75) is 65.8 Å². The van der Waals surface area contributed by atoms with Crippen LogP contribution in [0.5, 0.6) is 0 Å². The molecule has 0 amide bonds. The number of hydrogen-bond acceptors (Lipinski definition) is 8. The summed E-state index contributed by atoms with van der Waals surface area (Å²) in [5.41, 5.74) is 0. The second kappa shape index (κ2) is 9.39. The lowest BCUT2D eigenvalue weighted by molar-refractivity contribution is -0.208. The zero-order chi connectivity index (χ0) is 19.1. The van der Waals surface area contributed by atoms with Crippen molar-refractivity contribution >= 4 is 23.9 Å². The van der Waals surface area contributed by atoms with Crippen molar-refractivity contribution in [3.8, 4) is 0 Å². The van der Waals surface area contributed by atoms with E-state index in [1.807, 2.05) is 6.92 Å². The molecule has 0 bridgehead atoms. The molecule has 1 unspecified atom stereocenters. The van der Waals surface area contributed by atoms with Crippen LogP contribution in [0.2, 0.25) is 0 Å². The van der Waals surface area contributed by atoms with Gasteiger partial charge in [-0.2, -0.15) is 0 Å². The molecule has 0 heterocycles.